The van der Waals surface area contributed by atoms with E-state index in [0.29, 0.717) is 44.0 Å². The summed E-state index contributed by atoms with van der Waals surface area (Å²) in [5.74, 6) is 1.40. The maximum Gasteiger partial charge on any atom is 0.245 e. The third kappa shape index (κ3) is 5.44. The van der Waals surface area contributed by atoms with Crippen LogP contribution in [-0.4, -0.2) is 80.3 Å². The Bertz CT molecular complexity index is 1190. The number of aliphatic hydroxyl groups excluding tert-OH is 1. The standard InChI is InChI=1S/C24H29N3O5S/c1-18-14-19-4-3-5-23(24(19)25-15-18)33(29,30)27-12-10-26(11-13-27)16-20(28)17-32-22-8-6-21(31-2)7-9-22/h3-9,14-15,20,28H,10-13,16-17H2,1-2H3. The molecule has 3 aromatic rings. The number of methoxy groups -OCH3 is 1. The molecule has 1 aliphatic heterocycles. The summed E-state index contributed by atoms with van der Waals surface area (Å²) in [7, 11) is -2.06. The molecule has 1 fully saturated rings. The molecule has 1 N–H and O–H groups in total. The number of β-amino-alcohol motifs (C(OH)–C–C–N with tert-alkyl or cyclic N) is 1. The Kier molecular flexibility index (Phi) is 7.14. The van der Waals surface area contributed by atoms with E-state index in [-0.39, 0.29) is 11.5 Å². The molecule has 2 aromatic carbocycles. The van der Waals surface area contributed by atoms with Gasteiger partial charge < -0.3 is 14.6 Å². The van der Waals surface area contributed by atoms with Crippen LogP contribution in [-0.2, 0) is 10.0 Å². The van der Waals surface area contributed by atoms with Gasteiger partial charge in [0.1, 0.15) is 29.1 Å². The zero-order chi connectivity index (χ0) is 23.4. The molecule has 0 radical (unpaired) electrons. The summed E-state index contributed by atoms with van der Waals surface area (Å²) < 4.78 is 38.9. The minimum atomic E-state index is -3.66. The molecule has 0 saturated carbocycles. The molecular formula is C24H29N3O5S. The van der Waals surface area contributed by atoms with Crippen molar-refractivity contribution in [3.05, 3.63) is 60.3 Å². The molecule has 33 heavy (non-hydrogen) atoms. The van der Waals surface area contributed by atoms with Crippen molar-refractivity contribution in [1.29, 1.82) is 0 Å². The lowest BCUT2D eigenvalue weighted by atomic mass is 10.2. The van der Waals surface area contributed by atoms with Crippen LogP contribution in [0, 0.1) is 6.92 Å². The molecule has 0 bridgehead atoms. The fourth-order valence-corrected chi connectivity index (χ4v) is 5.55. The number of para-hydroxylation sites is 1. The minimum Gasteiger partial charge on any atom is -0.497 e. The van der Waals surface area contributed by atoms with Gasteiger partial charge >= 0.3 is 0 Å². The van der Waals surface area contributed by atoms with Gasteiger partial charge in [0.05, 0.1) is 12.6 Å². The summed E-state index contributed by atoms with van der Waals surface area (Å²) in [6.45, 7) is 4.30. The number of aliphatic hydroxyl groups is 1. The van der Waals surface area contributed by atoms with Crippen LogP contribution in [0.15, 0.2) is 59.6 Å². The molecule has 1 aliphatic rings. The van der Waals surface area contributed by atoms with Gasteiger partial charge in [0.15, 0.2) is 0 Å². The second kappa shape index (κ2) is 10.0. The van der Waals surface area contributed by atoms with E-state index in [1.54, 1.807) is 49.7 Å². The summed E-state index contributed by atoms with van der Waals surface area (Å²) in [6.07, 6.45) is 1.01. The molecule has 1 atom stereocenters. The Balaban J connectivity index is 1.32. The van der Waals surface area contributed by atoms with Crippen LogP contribution >= 0.6 is 0 Å². The number of pyridine rings is 1. The largest absolute Gasteiger partial charge is 0.497 e. The number of benzene rings is 2. The molecule has 8 nitrogen and oxygen atoms in total. The van der Waals surface area contributed by atoms with Crippen LogP contribution in [0.4, 0.5) is 0 Å². The van der Waals surface area contributed by atoms with Crippen LogP contribution in [0.3, 0.4) is 0 Å². The highest BCUT2D eigenvalue weighted by atomic mass is 32.2. The van der Waals surface area contributed by atoms with Crippen molar-refractivity contribution in [2.75, 3.05) is 46.4 Å². The van der Waals surface area contributed by atoms with Crippen molar-refractivity contribution in [3.8, 4) is 11.5 Å². The van der Waals surface area contributed by atoms with Crippen molar-refractivity contribution in [2.45, 2.75) is 17.9 Å². The first-order valence-corrected chi connectivity index (χ1v) is 12.3. The van der Waals surface area contributed by atoms with E-state index in [1.165, 1.54) is 4.31 Å². The predicted octanol–water partition coefficient (Wildman–Crippen LogP) is 2.30. The molecule has 176 valence electrons. The van der Waals surface area contributed by atoms with E-state index in [1.807, 2.05) is 19.1 Å². The number of hydrogen-bond donors (Lipinski definition) is 1. The van der Waals surface area contributed by atoms with Gasteiger partial charge in [-0.05, 0) is 48.9 Å². The molecule has 2 heterocycles. The summed E-state index contributed by atoms with van der Waals surface area (Å²) >= 11 is 0. The predicted molar refractivity (Wildman–Crippen MR) is 126 cm³/mol. The van der Waals surface area contributed by atoms with Gasteiger partial charge in [-0.3, -0.25) is 9.88 Å². The van der Waals surface area contributed by atoms with Crippen LogP contribution < -0.4 is 9.47 Å². The molecule has 0 spiro atoms. The SMILES string of the molecule is COc1ccc(OCC(O)CN2CCN(S(=O)(=O)c3cccc4cc(C)cnc34)CC2)cc1. The molecule has 1 aromatic heterocycles. The van der Waals surface area contributed by atoms with Gasteiger partial charge in [0.25, 0.3) is 0 Å². The van der Waals surface area contributed by atoms with E-state index in [4.69, 9.17) is 9.47 Å². The lowest BCUT2D eigenvalue weighted by Crippen LogP contribution is -2.50. The van der Waals surface area contributed by atoms with Gasteiger partial charge in [0.2, 0.25) is 10.0 Å². The van der Waals surface area contributed by atoms with Gasteiger partial charge in [-0.2, -0.15) is 4.31 Å². The fourth-order valence-electron chi connectivity index (χ4n) is 3.96. The lowest BCUT2D eigenvalue weighted by molar-refractivity contribution is 0.0569. The van der Waals surface area contributed by atoms with Crippen molar-refractivity contribution < 1.29 is 23.0 Å². The molecule has 9 heteroatoms. The second-order valence-corrected chi connectivity index (χ2v) is 10.1. The number of aryl methyl sites for hydroxylation is 1. The van der Waals surface area contributed by atoms with Crippen LogP contribution in [0.1, 0.15) is 5.56 Å². The molecule has 0 amide bonds. The number of aromatic nitrogens is 1. The topological polar surface area (TPSA) is 92.2 Å². The van der Waals surface area contributed by atoms with Crippen LogP contribution in [0.5, 0.6) is 11.5 Å². The number of hydrogen-bond acceptors (Lipinski definition) is 7. The lowest BCUT2D eigenvalue weighted by Gasteiger charge is -2.34. The van der Waals surface area contributed by atoms with E-state index in [0.717, 1.165) is 16.7 Å². The van der Waals surface area contributed by atoms with Gasteiger partial charge in [-0.15, -0.1) is 0 Å². The highest BCUT2D eigenvalue weighted by Crippen LogP contribution is 2.25. The van der Waals surface area contributed by atoms with Crippen LogP contribution in [0.25, 0.3) is 10.9 Å². The normalized spacial score (nSPS) is 16.6. The molecular weight excluding hydrogens is 442 g/mol. The van der Waals surface area contributed by atoms with Gasteiger partial charge in [-0.25, -0.2) is 8.42 Å². The number of piperazine rings is 1. The van der Waals surface area contributed by atoms with Gasteiger partial charge in [0, 0.05) is 44.3 Å². The van der Waals surface area contributed by atoms with Crippen LogP contribution in [0.2, 0.25) is 0 Å². The third-order valence-electron chi connectivity index (χ3n) is 5.73. The Morgan fingerprint density at radius 1 is 1.06 bits per heavy atom. The molecule has 1 unspecified atom stereocenters. The Hall–Kier alpha value is -2.72. The maximum atomic E-state index is 13.3. The number of ether oxygens (including phenoxy) is 2. The quantitative estimate of drug-likeness (QED) is 0.539. The van der Waals surface area contributed by atoms with E-state index < -0.39 is 16.1 Å². The van der Waals surface area contributed by atoms with E-state index >= 15 is 0 Å². The summed E-state index contributed by atoms with van der Waals surface area (Å²) in [5, 5.41) is 11.2. The minimum absolute atomic E-state index is 0.159. The fraction of sp³-hybridized carbons (Fsp3) is 0.375. The number of nitrogens with zero attached hydrogens (tertiary/aromatic N) is 3. The smallest absolute Gasteiger partial charge is 0.245 e. The molecule has 4 rings (SSSR count). The number of rotatable bonds is 8. The van der Waals surface area contributed by atoms with Crippen molar-refractivity contribution >= 4 is 20.9 Å². The van der Waals surface area contributed by atoms with Crippen molar-refractivity contribution in [3.63, 3.8) is 0 Å². The molecule has 0 aliphatic carbocycles. The zero-order valence-electron chi connectivity index (χ0n) is 18.8. The highest BCUT2D eigenvalue weighted by Gasteiger charge is 2.30. The Labute approximate surface area is 194 Å². The average Bonchev–Trinajstić information content (AvgIpc) is 2.83. The van der Waals surface area contributed by atoms with E-state index in [9.17, 15) is 13.5 Å². The summed E-state index contributed by atoms with van der Waals surface area (Å²) in [6, 6.07) is 14.4. The first kappa shape index (κ1) is 23.4. The molecule has 1 saturated heterocycles. The first-order chi connectivity index (χ1) is 15.9. The third-order valence-corrected chi connectivity index (χ3v) is 7.66. The zero-order valence-corrected chi connectivity index (χ0v) is 19.7. The van der Waals surface area contributed by atoms with E-state index in [2.05, 4.69) is 9.88 Å². The highest BCUT2D eigenvalue weighted by molar-refractivity contribution is 7.89. The van der Waals surface area contributed by atoms with Crippen molar-refractivity contribution in [1.82, 2.24) is 14.2 Å². The summed E-state index contributed by atoms with van der Waals surface area (Å²) in [4.78, 5) is 6.67. The number of fused-ring (bicyclic) bond motifs is 1. The summed E-state index contributed by atoms with van der Waals surface area (Å²) in [5.41, 5.74) is 1.48. The number of sulfonamides is 1. The monoisotopic (exact) mass is 471 g/mol. The first-order valence-electron chi connectivity index (χ1n) is 10.9. The van der Waals surface area contributed by atoms with Crippen molar-refractivity contribution in [2.24, 2.45) is 0 Å². The van der Waals surface area contributed by atoms with Gasteiger partial charge in [-0.1, -0.05) is 12.1 Å². The Morgan fingerprint density at radius 3 is 2.45 bits per heavy atom. The second-order valence-electron chi connectivity index (χ2n) is 8.19. The maximum absolute atomic E-state index is 13.3. The Morgan fingerprint density at radius 2 is 1.76 bits per heavy atom. The average molecular weight is 472 g/mol.